The van der Waals surface area contributed by atoms with Gasteiger partial charge in [0, 0.05) is 11.0 Å². The van der Waals surface area contributed by atoms with E-state index in [1.54, 1.807) is 6.08 Å². The Labute approximate surface area is 186 Å². The topological polar surface area (TPSA) is 67.4 Å². The monoisotopic (exact) mass is 442 g/mol. The lowest BCUT2D eigenvalue weighted by Crippen LogP contribution is -2.33. The molecule has 1 heterocycles. The molecule has 1 aliphatic carbocycles. The van der Waals surface area contributed by atoms with Crippen molar-refractivity contribution >= 4 is 51.6 Å². The van der Waals surface area contributed by atoms with Gasteiger partial charge in [0.1, 0.15) is 5.00 Å². The molecule has 7 heteroatoms. The van der Waals surface area contributed by atoms with Crippen LogP contribution in [0.5, 0.6) is 0 Å². The molecule has 2 N–H and O–H groups in total. The third kappa shape index (κ3) is 5.34. The SMILES string of the molecule is COC(=O)c1c(NC(=S)NC(=O)/C=C/c2ccc(C(C)C)cc2)sc2c1CCCC2. The van der Waals surface area contributed by atoms with Gasteiger partial charge >= 0.3 is 5.97 Å². The van der Waals surface area contributed by atoms with Crippen LogP contribution in [0.25, 0.3) is 6.08 Å². The number of nitrogens with one attached hydrogen (secondary N) is 2. The number of anilines is 1. The molecule has 0 saturated heterocycles. The van der Waals surface area contributed by atoms with E-state index in [4.69, 9.17) is 17.0 Å². The smallest absolute Gasteiger partial charge is 0.341 e. The van der Waals surface area contributed by atoms with Gasteiger partial charge < -0.3 is 10.1 Å². The molecule has 1 aliphatic rings. The number of amides is 1. The Kier molecular flexibility index (Phi) is 7.39. The van der Waals surface area contributed by atoms with Crippen molar-refractivity contribution in [2.75, 3.05) is 12.4 Å². The van der Waals surface area contributed by atoms with Crippen molar-refractivity contribution in [2.45, 2.75) is 45.4 Å². The van der Waals surface area contributed by atoms with Crippen molar-refractivity contribution in [1.29, 1.82) is 0 Å². The van der Waals surface area contributed by atoms with Crippen molar-refractivity contribution in [2.24, 2.45) is 0 Å². The van der Waals surface area contributed by atoms with Crippen LogP contribution in [0.1, 0.15) is 64.5 Å². The number of fused-ring (bicyclic) bond motifs is 1. The van der Waals surface area contributed by atoms with Crippen LogP contribution in [0.15, 0.2) is 30.3 Å². The first-order valence-electron chi connectivity index (χ1n) is 10.0. The standard InChI is InChI=1S/C23H26N2O3S2/c1-14(2)16-11-8-15(9-12-16)10-13-19(26)24-23(29)25-21-20(22(27)28-3)17-6-4-5-7-18(17)30-21/h8-14H,4-7H2,1-3H3,(H2,24,25,26,29)/b13-10+. The normalized spacial score (nSPS) is 13.2. The maximum absolute atomic E-state index is 12.3. The largest absolute Gasteiger partial charge is 0.465 e. The third-order valence-electron chi connectivity index (χ3n) is 5.05. The van der Waals surface area contributed by atoms with Gasteiger partial charge in [-0.25, -0.2) is 4.79 Å². The van der Waals surface area contributed by atoms with E-state index in [9.17, 15) is 9.59 Å². The number of rotatable bonds is 5. The summed E-state index contributed by atoms with van der Waals surface area (Å²) in [6.45, 7) is 4.28. The predicted molar refractivity (Wildman–Crippen MR) is 126 cm³/mol. The minimum absolute atomic E-state index is 0.156. The molecular formula is C23H26N2O3S2. The molecule has 0 aliphatic heterocycles. The average molecular weight is 443 g/mol. The summed E-state index contributed by atoms with van der Waals surface area (Å²) >= 11 is 6.80. The first-order chi connectivity index (χ1) is 14.4. The Bertz CT molecular complexity index is 975. The maximum atomic E-state index is 12.3. The minimum Gasteiger partial charge on any atom is -0.465 e. The molecule has 2 aromatic rings. The quantitative estimate of drug-likeness (QED) is 0.385. The van der Waals surface area contributed by atoms with Gasteiger partial charge in [0.25, 0.3) is 0 Å². The lowest BCUT2D eigenvalue weighted by molar-refractivity contribution is -0.115. The molecule has 1 aromatic carbocycles. The van der Waals surface area contributed by atoms with E-state index < -0.39 is 0 Å². The van der Waals surface area contributed by atoms with Crippen molar-refractivity contribution in [3.63, 3.8) is 0 Å². The molecule has 30 heavy (non-hydrogen) atoms. The van der Waals surface area contributed by atoms with Gasteiger partial charge in [-0.1, -0.05) is 38.1 Å². The second-order valence-corrected chi connectivity index (χ2v) is 9.02. The summed E-state index contributed by atoms with van der Waals surface area (Å²) in [4.78, 5) is 25.7. The van der Waals surface area contributed by atoms with Gasteiger partial charge in [-0.3, -0.25) is 10.1 Å². The number of aryl methyl sites for hydroxylation is 1. The number of thiocarbonyl (C=S) groups is 1. The minimum atomic E-state index is -0.379. The zero-order valence-electron chi connectivity index (χ0n) is 17.4. The third-order valence-corrected chi connectivity index (χ3v) is 6.47. The number of ether oxygens (including phenoxy) is 1. The van der Waals surface area contributed by atoms with Gasteiger partial charge in [-0.15, -0.1) is 11.3 Å². The number of esters is 1. The fraction of sp³-hybridized carbons (Fsp3) is 0.348. The van der Waals surface area contributed by atoms with Crippen molar-refractivity contribution < 1.29 is 14.3 Å². The van der Waals surface area contributed by atoms with Gasteiger partial charge in [-0.05, 0) is 66.6 Å². The molecule has 0 bridgehead atoms. The van der Waals surface area contributed by atoms with E-state index in [1.807, 2.05) is 12.1 Å². The van der Waals surface area contributed by atoms with Crippen LogP contribution in [0.4, 0.5) is 5.00 Å². The Balaban J connectivity index is 1.64. The van der Waals surface area contributed by atoms with Crippen LogP contribution in [-0.2, 0) is 22.4 Å². The highest BCUT2D eigenvalue weighted by Crippen LogP contribution is 2.38. The van der Waals surface area contributed by atoms with Crippen LogP contribution in [0, 0.1) is 0 Å². The van der Waals surface area contributed by atoms with Crippen LogP contribution in [-0.4, -0.2) is 24.1 Å². The highest BCUT2D eigenvalue weighted by atomic mass is 32.1. The van der Waals surface area contributed by atoms with Crippen molar-refractivity contribution in [3.8, 4) is 0 Å². The number of benzene rings is 1. The molecule has 0 radical (unpaired) electrons. The lowest BCUT2D eigenvalue weighted by Gasteiger charge is -2.12. The van der Waals surface area contributed by atoms with Crippen LogP contribution in [0.3, 0.4) is 0 Å². The fourth-order valence-electron chi connectivity index (χ4n) is 3.42. The zero-order chi connectivity index (χ0) is 21.7. The Morgan fingerprint density at radius 1 is 1.17 bits per heavy atom. The molecular weight excluding hydrogens is 416 g/mol. The van der Waals surface area contributed by atoms with E-state index in [1.165, 1.54) is 35.0 Å². The number of hydrogen-bond acceptors (Lipinski definition) is 5. The summed E-state index contributed by atoms with van der Waals surface area (Å²) in [6, 6.07) is 8.08. The first kappa shape index (κ1) is 22.2. The molecule has 0 atom stereocenters. The molecule has 0 saturated carbocycles. The van der Waals surface area contributed by atoms with E-state index in [0.717, 1.165) is 36.8 Å². The second kappa shape index (κ2) is 10.00. The summed E-state index contributed by atoms with van der Waals surface area (Å²) in [6.07, 6.45) is 7.15. The van der Waals surface area contributed by atoms with Gasteiger partial charge in [0.2, 0.25) is 5.91 Å². The molecule has 0 spiro atoms. The maximum Gasteiger partial charge on any atom is 0.341 e. The van der Waals surface area contributed by atoms with Gasteiger partial charge in [-0.2, -0.15) is 0 Å². The van der Waals surface area contributed by atoms with E-state index in [0.29, 0.717) is 16.5 Å². The molecule has 1 aromatic heterocycles. The Hall–Kier alpha value is -2.51. The van der Waals surface area contributed by atoms with Crippen molar-refractivity contribution in [1.82, 2.24) is 5.32 Å². The van der Waals surface area contributed by atoms with Crippen molar-refractivity contribution in [3.05, 3.63) is 57.5 Å². The van der Waals surface area contributed by atoms with Crippen LogP contribution >= 0.6 is 23.6 Å². The van der Waals surface area contributed by atoms with Crippen LogP contribution < -0.4 is 10.6 Å². The average Bonchev–Trinajstić information content (AvgIpc) is 3.09. The molecule has 158 valence electrons. The summed E-state index contributed by atoms with van der Waals surface area (Å²) in [5.74, 6) is -0.246. The summed E-state index contributed by atoms with van der Waals surface area (Å²) < 4.78 is 4.96. The fourth-order valence-corrected chi connectivity index (χ4v) is 4.97. The molecule has 3 rings (SSSR count). The molecule has 0 unspecified atom stereocenters. The number of methoxy groups -OCH3 is 1. The number of thiophene rings is 1. The predicted octanol–water partition coefficient (Wildman–Crippen LogP) is 5.06. The summed E-state index contributed by atoms with van der Waals surface area (Å²) in [5.41, 5.74) is 3.77. The van der Waals surface area contributed by atoms with Gasteiger partial charge in [0.15, 0.2) is 5.11 Å². The molecule has 0 fully saturated rings. The van der Waals surface area contributed by atoms with Crippen LogP contribution in [0.2, 0.25) is 0 Å². The van der Waals surface area contributed by atoms with E-state index in [2.05, 4.69) is 36.6 Å². The van der Waals surface area contributed by atoms with E-state index in [-0.39, 0.29) is 17.0 Å². The zero-order valence-corrected chi connectivity index (χ0v) is 19.0. The summed E-state index contributed by atoms with van der Waals surface area (Å²) in [5, 5.41) is 6.45. The number of carbonyl (C=O) groups is 2. The highest BCUT2D eigenvalue weighted by molar-refractivity contribution is 7.80. The Morgan fingerprint density at radius 2 is 1.87 bits per heavy atom. The second-order valence-electron chi connectivity index (χ2n) is 7.50. The Morgan fingerprint density at radius 3 is 2.53 bits per heavy atom. The first-order valence-corrected chi connectivity index (χ1v) is 11.2. The summed E-state index contributed by atoms with van der Waals surface area (Å²) in [7, 11) is 1.37. The highest BCUT2D eigenvalue weighted by Gasteiger charge is 2.26. The van der Waals surface area contributed by atoms with Gasteiger partial charge in [0.05, 0.1) is 12.7 Å². The number of hydrogen-bond donors (Lipinski definition) is 2. The molecule has 5 nitrogen and oxygen atoms in total. The number of carbonyl (C=O) groups excluding carboxylic acids is 2. The van der Waals surface area contributed by atoms with E-state index >= 15 is 0 Å². The molecule has 1 amide bonds. The lowest BCUT2D eigenvalue weighted by atomic mass is 9.95.